The first-order valence-electron chi connectivity index (χ1n) is 9.53. The second kappa shape index (κ2) is 9.14. The summed E-state index contributed by atoms with van der Waals surface area (Å²) in [4.78, 5) is 14.9. The number of hydrogen-bond donors (Lipinski definition) is 1. The van der Waals surface area contributed by atoms with Crippen LogP contribution in [0, 0.1) is 5.92 Å². The Balaban J connectivity index is 1.52. The first-order valence-corrected chi connectivity index (χ1v) is 11.4. The SMILES string of the molecule is CS(=O)(=O)N1CCC(C(=O)NCc2ccccc2CN2CCOCC2)CC1. The van der Waals surface area contributed by atoms with Crippen molar-refractivity contribution in [1.82, 2.24) is 14.5 Å². The summed E-state index contributed by atoms with van der Waals surface area (Å²) in [7, 11) is -3.16. The van der Waals surface area contributed by atoms with Gasteiger partial charge in [0.15, 0.2) is 0 Å². The van der Waals surface area contributed by atoms with Crippen molar-refractivity contribution in [2.75, 3.05) is 45.6 Å². The molecule has 2 aliphatic rings. The summed E-state index contributed by atoms with van der Waals surface area (Å²) < 4.78 is 30.0. The third kappa shape index (κ3) is 5.75. The molecule has 2 fully saturated rings. The number of sulfonamides is 1. The Kier molecular flexibility index (Phi) is 6.86. The highest BCUT2D eigenvalue weighted by molar-refractivity contribution is 7.88. The molecule has 2 heterocycles. The van der Waals surface area contributed by atoms with E-state index in [0.717, 1.165) is 38.4 Å². The summed E-state index contributed by atoms with van der Waals surface area (Å²) >= 11 is 0. The molecule has 1 N–H and O–H groups in total. The van der Waals surface area contributed by atoms with Gasteiger partial charge in [-0.15, -0.1) is 0 Å². The van der Waals surface area contributed by atoms with Crippen LogP contribution in [0.4, 0.5) is 0 Å². The van der Waals surface area contributed by atoms with Gasteiger partial charge >= 0.3 is 0 Å². The number of nitrogens with one attached hydrogen (secondary N) is 1. The van der Waals surface area contributed by atoms with Gasteiger partial charge in [-0.3, -0.25) is 9.69 Å². The van der Waals surface area contributed by atoms with Crippen LogP contribution in [0.5, 0.6) is 0 Å². The van der Waals surface area contributed by atoms with Gasteiger partial charge in [0.25, 0.3) is 0 Å². The molecule has 0 radical (unpaired) electrons. The Hall–Kier alpha value is -1.48. The molecule has 150 valence electrons. The van der Waals surface area contributed by atoms with Gasteiger partial charge in [0.2, 0.25) is 15.9 Å². The number of nitrogens with zero attached hydrogens (tertiary/aromatic N) is 2. The summed E-state index contributed by atoms with van der Waals surface area (Å²) in [6.45, 7) is 5.61. The Morgan fingerprint density at radius 2 is 1.74 bits per heavy atom. The van der Waals surface area contributed by atoms with Gasteiger partial charge in [0.05, 0.1) is 19.5 Å². The maximum atomic E-state index is 12.5. The van der Waals surface area contributed by atoms with E-state index in [2.05, 4.69) is 22.3 Å². The molecule has 0 aliphatic carbocycles. The lowest BCUT2D eigenvalue weighted by Gasteiger charge is -2.29. The molecule has 2 saturated heterocycles. The monoisotopic (exact) mass is 395 g/mol. The van der Waals surface area contributed by atoms with E-state index in [-0.39, 0.29) is 11.8 Å². The molecule has 1 amide bonds. The first-order chi connectivity index (χ1) is 12.9. The van der Waals surface area contributed by atoms with Crippen LogP contribution in [0.1, 0.15) is 24.0 Å². The van der Waals surface area contributed by atoms with E-state index in [4.69, 9.17) is 4.74 Å². The number of carbonyl (C=O) groups excluding carboxylic acids is 1. The first kappa shape index (κ1) is 20.3. The Morgan fingerprint density at radius 1 is 1.11 bits per heavy atom. The Labute approximate surface area is 161 Å². The highest BCUT2D eigenvalue weighted by Crippen LogP contribution is 2.20. The van der Waals surface area contributed by atoms with Crippen molar-refractivity contribution in [3.63, 3.8) is 0 Å². The van der Waals surface area contributed by atoms with Gasteiger partial charge in [0.1, 0.15) is 0 Å². The zero-order valence-electron chi connectivity index (χ0n) is 15.9. The lowest BCUT2D eigenvalue weighted by atomic mass is 9.97. The zero-order chi connectivity index (χ0) is 19.3. The molecule has 0 atom stereocenters. The number of ether oxygens (including phenoxy) is 1. The summed E-state index contributed by atoms with van der Waals surface area (Å²) in [6, 6.07) is 8.20. The van der Waals surface area contributed by atoms with E-state index in [0.29, 0.717) is 32.5 Å². The molecule has 1 aromatic carbocycles. The predicted molar refractivity (Wildman–Crippen MR) is 104 cm³/mol. The van der Waals surface area contributed by atoms with Crippen LogP contribution in [0.3, 0.4) is 0 Å². The van der Waals surface area contributed by atoms with Crippen LogP contribution < -0.4 is 5.32 Å². The maximum absolute atomic E-state index is 12.5. The van der Waals surface area contributed by atoms with Crippen LogP contribution in [0.15, 0.2) is 24.3 Å². The van der Waals surface area contributed by atoms with Gasteiger partial charge in [-0.25, -0.2) is 12.7 Å². The predicted octanol–water partition coefficient (Wildman–Crippen LogP) is 0.807. The van der Waals surface area contributed by atoms with Crippen molar-refractivity contribution in [3.05, 3.63) is 35.4 Å². The lowest BCUT2D eigenvalue weighted by molar-refractivity contribution is -0.126. The van der Waals surface area contributed by atoms with E-state index >= 15 is 0 Å². The van der Waals surface area contributed by atoms with E-state index in [1.165, 1.54) is 16.1 Å². The average molecular weight is 396 g/mol. The molecule has 0 spiro atoms. The third-order valence-corrected chi connectivity index (χ3v) is 6.67. The molecule has 27 heavy (non-hydrogen) atoms. The topological polar surface area (TPSA) is 79.0 Å². The fourth-order valence-electron chi connectivity index (χ4n) is 3.66. The minimum Gasteiger partial charge on any atom is -0.379 e. The second-order valence-corrected chi connectivity index (χ2v) is 9.29. The van der Waals surface area contributed by atoms with Crippen molar-refractivity contribution in [1.29, 1.82) is 0 Å². The minimum absolute atomic E-state index is 0.0179. The molecule has 0 unspecified atom stereocenters. The normalized spacial score (nSPS) is 20.5. The maximum Gasteiger partial charge on any atom is 0.223 e. The number of amides is 1. The standard InChI is InChI=1S/C19H29N3O4S/c1-27(24,25)22-8-6-16(7-9-22)19(23)20-14-17-4-2-3-5-18(17)15-21-10-12-26-13-11-21/h2-5,16H,6-15H2,1H3,(H,20,23). The molecular weight excluding hydrogens is 366 g/mol. The van der Waals surface area contributed by atoms with Gasteiger partial charge in [-0.05, 0) is 24.0 Å². The summed E-state index contributed by atoms with van der Waals surface area (Å²) in [6.07, 6.45) is 2.38. The van der Waals surface area contributed by atoms with Gasteiger partial charge < -0.3 is 10.1 Å². The quantitative estimate of drug-likeness (QED) is 0.771. The lowest BCUT2D eigenvalue weighted by Crippen LogP contribution is -2.42. The second-order valence-electron chi connectivity index (χ2n) is 7.31. The Bertz CT molecular complexity index is 739. The number of benzene rings is 1. The van der Waals surface area contributed by atoms with E-state index < -0.39 is 10.0 Å². The molecule has 1 aromatic rings. The van der Waals surface area contributed by atoms with Crippen LogP contribution in [-0.2, 0) is 32.6 Å². The van der Waals surface area contributed by atoms with Crippen molar-refractivity contribution >= 4 is 15.9 Å². The number of piperidine rings is 1. The third-order valence-electron chi connectivity index (χ3n) is 5.36. The largest absolute Gasteiger partial charge is 0.379 e. The zero-order valence-corrected chi connectivity index (χ0v) is 16.7. The molecular formula is C19H29N3O4S. The highest BCUT2D eigenvalue weighted by atomic mass is 32.2. The van der Waals surface area contributed by atoms with Crippen LogP contribution in [0.25, 0.3) is 0 Å². The van der Waals surface area contributed by atoms with E-state index in [9.17, 15) is 13.2 Å². The van der Waals surface area contributed by atoms with Gasteiger partial charge in [-0.2, -0.15) is 0 Å². The fraction of sp³-hybridized carbons (Fsp3) is 0.632. The smallest absolute Gasteiger partial charge is 0.223 e. The summed E-state index contributed by atoms with van der Waals surface area (Å²) in [5.41, 5.74) is 2.36. The average Bonchev–Trinajstić information content (AvgIpc) is 2.67. The molecule has 0 aromatic heterocycles. The molecule has 0 saturated carbocycles. The van der Waals surface area contributed by atoms with E-state index in [1.54, 1.807) is 0 Å². The van der Waals surface area contributed by atoms with Crippen LogP contribution in [0.2, 0.25) is 0 Å². The molecule has 0 bridgehead atoms. The van der Waals surface area contributed by atoms with Gasteiger partial charge in [-0.1, -0.05) is 24.3 Å². The van der Waals surface area contributed by atoms with Gasteiger partial charge in [0, 0.05) is 45.2 Å². The molecule has 7 nitrogen and oxygen atoms in total. The van der Waals surface area contributed by atoms with Crippen molar-refractivity contribution in [2.24, 2.45) is 5.92 Å². The van der Waals surface area contributed by atoms with Crippen molar-refractivity contribution in [2.45, 2.75) is 25.9 Å². The number of rotatable bonds is 6. The highest BCUT2D eigenvalue weighted by Gasteiger charge is 2.28. The van der Waals surface area contributed by atoms with E-state index in [1.807, 2.05) is 12.1 Å². The van der Waals surface area contributed by atoms with Crippen LogP contribution >= 0.6 is 0 Å². The Morgan fingerprint density at radius 3 is 2.37 bits per heavy atom. The summed E-state index contributed by atoms with van der Waals surface area (Å²) in [5.74, 6) is -0.0984. The van der Waals surface area contributed by atoms with Crippen molar-refractivity contribution in [3.8, 4) is 0 Å². The molecule has 8 heteroatoms. The van der Waals surface area contributed by atoms with Crippen molar-refractivity contribution < 1.29 is 17.9 Å². The van der Waals surface area contributed by atoms with Crippen LogP contribution in [-0.4, -0.2) is 69.2 Å². The molecule has 3 rings (SSSR count). The minimum atomic E-state index is -3.16. The number of carbonyl (C=O) groups is 1. The number of morpholine rings is 1. The summed E-state index contributed by atoms with van der Waals surface area (Å²) in [5, 5.41) is 3.05. The number of hydrogen-bond acceptors (Lipinski definition) is 5. The molecule has 2 aliphatic heterocycles. The fourth-order valence-corrected chi connectivity index (χ4v) is 4.53.